The van der Waals surface area contributed by atoms with Crippen LogP contribution in [-0.4, -0.2) is 3.79 Å². The van der Waals surface area contributed by atoms with Crippen LogP contribution in [0.4, 0.5) is 0 Å². The van der Waals surface area contributed by atoms with Gasteiger partial charge in [0.05, 0.1) is 0 Å². The first-order valence-corrected chi connectivity index (χ1v) is 5.35. The second-order valence-corrected chi connectivity index (χ2v) is 5.03. The van der Waals surface area contributed by atoms with Gasteiger partial charge in [-0.05, 0) is 26.2 Å². The van der Waals surface area contributed by atoms with E-state index in [4.69, 9.17) is 34.8 Å². The van der Waals surface area contributed by atoms with E-state index in [0.29, 0.717) is 0 Å². The summed E-state index contributed by atoms with van der Waals surface area (Å²) in [5, 5.41) is 0. The number of rotatable bonds is 0. The summed E-state index contributed by atoms with van der Waals surface area (Å²) in [6, 6.07) is 0. The zero-order valence-electron chi connectivity index (χ0n) is 7.91. The molecule has 0 fully saturated rings. The van der Waals surface area contributed by atoms with Gasteiger partial charge in [0.2, 0.25) is 0 Å². The van der Waals surface area contributed by atoms with Crippen molar-refractivity contribution >= 4 is 34.8 Å². The number of halogens is 3. The summed E-state index contributed by atoms with van der Waals surface area (Å²) in [7, 11) is 0. The summed E-state index contributed by atoms with van der Waals surface area (Å²) >= 11 is 15.2. The van der Waals surface area contributed by atoms with Gasteiger partial charge in [0.1, 0.15) is 0 Å². The van der Waals surface area contributed by atoms with Crippen LogP contribution in [0.15, 0.2) is 12.2 Å². The molecule has 1 rings (SSSR count). The lowest BCUT2D eigenvalue weighted by atomic mass is 10.4. The van der Waals surface area contributed by atoms with Crippen molar-refractivity contribution in [3.05, 3.63) is 12.2 Å². The van der Waals surface area contributed by atoms with E-state index in [2.05, 4.69) is 12.2 Å². The monoisotopic (exact) mass is 230 g/mol. The first-order valence-electron chi connectivity index (χ1n) is 4.22. The van der Waals surface area contributed by atoms with Gasteiger partial charge in [0.25, 0.3) is 0 Å². The number of hydrogen-bond donors (Lipinski definition) is 0. The Morgan fingerprint density at radius 2 is 1.25 bits per heavy atom. The fraction of sp³-hybridized carbons (Fsp3) is 0.778. The van der Waals surface area contributed by atoms with E-state index >= 15 is 0 Å². The van der Waals surface area contributed by atoms with Crippen LogP contribution in [0.3, 0.4) is 0 Å². The first-order chi connectivity index (χ1) is 5.50. The van der Waals surface area contributed by atoms with E-state index in [1.54, 1.807) is 0 Å². The number of hydrogen-bond acceptors (Lipinski definition) is 0. The average molecular weight is 232 g/mol. The predicted molar refractivity (Wildman–Crippen MR) is 60.3 cm³/mol. The minimum absolute atomic E-state index is 1.08. The molecule has 0 aromatic rings. The lowest BCUT2D eigenvalue weighted by Gasteiger charge is -1.94. The van der Waals surface area contributed by atoms with Gasteiger partial charge in [-0.25, -0.2) is 0 Å². The molecule has 0 aliphatic heterocycles. The molecule has 0 N–H and O–H groups in total. The molecule has 0 spiro atoms. The molecule has 1 aliphatic carbocycles. The molecule has 0 aromatic heterocycles. The fourth-order valence-corrected chi connectivity index (χ4v) is 0.589. The van der Waals surface area contributed by atoms with Crippen molar-refractivity contribution in [1.82, 2.24) is 0 Å². The molecule has 12 heavy (non-hydrogen) atoms. The molecule has 3 heteroatoms. The molecule has 0 nitrogen and oxygen atoms in total. The summed E-state index contributed by atoms with van der Waals surface area (Å²) in [6.07, 6.45) is 8.50. The average Bonchev–Trinajstić information content (AvgIpc) is 2.41. The summed E-state index contributed by atoms with van der Waals surface area (Å²) in [4.78, 5) is 0. The lowest BCUT2D eigenvalue weighted by molar-refractivity contribution is 0.929. The number of alkyl halides is 3. The van der Waals surface area contributed by atoms with Crippen LogP contribution in [0.1, 0.15) is 40.0 Å². The molecule has 0 amide bonds. The topological polar surface area (TPSA) is 0 Å². The van der Waals surface area contributed by atoms with E-state index in [1.165, 1.54) is 26.2 Å². The van der Waals surface area contributed by atoms with Crippen molar-refractivity contribution in [1.29, 1.82) is 0 Å². The Hall–Kier alpha value is 0.610. The summed E-state index contributed by atoms with van der Waals surface area (Å²) in [5.41, 5.74) is 0. The van der Waals surface area contributed by atoms with Gasteiger partial charge in [0.15, 0.2) is 3.79 Å². The highest BCUT2D eigenvalue weighted by Gasteiger charge is 2.07. The predicted octanol–water partition coefficient (Wildman–Crippen LogP) is 5.13. The van der Waals surface area contributed by atoms with Crippen LogP contribution in [-0.2, 0) is 0 Å². The van der Waals surface area contributed by atoms with Crippen LogP contribution >= 0.6 is 34.8 Å². The molecular weight excluding hydrogens is 214 g/mol. The molecule has 0 bridgehead atoms. The Labute approximate surface area is 90.9 Å². The van der Waals surface area contributed by atoms with Crippen LogP contribution in [0.5, 0.6) is 0 Å². The molecule has 0 atom stereocenters. The molecule has 0 saturated heterocycles. The first kappa shape index (κ1) is 15.1. The van der Waals surface area contributed by atoms with E-state index in [9.17, 15) is 0 Å². The largest absolute Gasteiger partial charge is 0.187 e. The molecular formula is C9H17Cl3. The Kier molecular flexibility index (Phi) is 12.2. The molecule has 0 radical (unpaired) electrons. The molecule has 0 heterocycles. The van der Waals surface area contributed by atoms with Crippen LogP contribution in [0, 0.1) is 0 Å². The Bertz CT molecular complexity index is 90.8. The van der Waals surface area contributed by atoms with Crippen LogP contribution in [0.25, 0.3) is 0 Å². The minimum Gasteiger partial charge on any atom is -0.0885 e. The van der Waals surface area contributed by atoms with Crippen molar-refractivity contribution in [2.24, 2.45) is 0 Å². The quantitative estimate of drug-likeness (QED) is 0.400. The van der Waals surface area contributed by atoms with E-state index < -0.39 is 3.79 Å². The highest BCUT2D eigenvalue weighted by Crippen LogP contribution is 2.23. The van der Waals surface area contributed by atoms with Gasteiger partial charge in [-0.3, -0.25) is 0 Å². The maximum atomic E-state index is 5.06. The highest BCUT2D eigenvalue weighted by atomic mass is 35.6. The highest BCUT2D eigenvalue weighted by molar-refractivity contribution is 6.67. The molecule has 0 saturated carbocycles. The Balaban J connectivity index is 0. The normalized spacial score (nSPS) is 14.2. The van der Waals surface area contributed by atoms with E-state index in [0.717, 1.165) is 0 Å². The summed E-state index contributed by atoms with van der Waals surface area (Å²) in [5.74, 6) is 0. The van der Waals surface area contributed by atoms with Crippen molar-refractivity contribution < 1.29 is 0 Å². The van der Waals surface area contributed by atoms with Gasteiger partial charge in [0, 0.05) is 0 Å². The van der Waals surface area contributed by atoms with Crippen LogP contribution < -0.4 is 0 Å². The van der Waals surface area contributed by atoms with Gasteiger partial charge in [-0.15, -0.1) is 0 Å². The smallest absolute Gasteiger partial charge is 0.0885 e. The van der Waals surface area contributed by atoms with E-state index in [-0.39, 0.29) is 0 Å². The lowest BCUT2D eigenvalue weighted by Crippen LogP contribution is -1.87. The maximum absolute atomic E-state index is 5.06. The zero-order chi connectivity index (χ0) is 10.0. The van der Waals surface area contributed by atoms with Crippen molar-refractivity contribution in [3.63, 3.8) is 0 Å². The van der Waals surface area contributed by atoms with Crippen LogP contribution in [0.2, 0.25) is 0 Å². The fourth-order valence-electron chi connectivity index (χ4n) is 0.589. The minimum atomic E-state index is -1.08. The number of allylic oxidation sites excluding steroid dienone is 2. The third-order valence-corrected chi connectivity index (χ3v) is 0.908. The van der Waals surface area contributed by atoms with Gasteiger partial charge >= 0.3 is 0 Å². The van der Waals surface area contributed by atoms with Gasteiger partial charge < -0.3 is 0 Å². The molecule has 0 aromatic carbocycles. The van der Waals surface area contributed by atoms with Crippen molar-refractivity contribution in [3.8, 4) is 0 Å². The SMILES string of the molecule is C1=CCCC1.CC.CC(Cl)(Cl)Cl. The summed E-state index contributed by atoms with van der Waals surface area (Å²) < 4.78 is -1.08. The third kappa shape index (κ3) is 31.1. The maximum Gasteiger partial charge on any atom is 0.187 e. The molecule has 74 valence electrons. The summed E-state index contributed by atoms with van der Waals surface area (Å²) in [6.45, 7) is 5.48. The van der Waals surface area contributed by atoms with Gasteiger partial charge in [-0.2, -0.15) is 0 Å². The Morgan fingerprint density at radius 3 is 1.33 bits per heavy atom. The standard InChI is InChI=1S/C5H8.C2H3Cl3.C2H6/c1-2-4-5-3-1;1-2(3,4)5;1-2/h1-2H,3-5H2;1H3;1-2H3. The second kappa shape index (κ2) is 9.70. The molecule has 1 aliphatic rings. The van der Waals surface area contributed by atoms with Crippen molar-refractivity contribution in [2.75, 3.05) is 0 Å². The zero-order valence-corrected chi connectivity index (χ0v) is 10.2. The third-order valence-electron chi connectivity index (χ3n) is 0.908. The second-order valence-electron chi connectivity index (χ2n) is 2.18. The Morgan fingerprint density at radius 1 is 1.00 bits per heavy atom. The molecule has 0 unspecified atom stereocenters. The van der Waals surface area contributed by atoms with E-state index in [1.807, 2.05) is 13.8 Å². The van der Waals surface area contributed by atoms with Gasteiger partial charge in [-0.1, -0.05) is 60.8 Å². The van der Waals surface area contributed by atoms with Crippen molar-refractivity contribution in [2.45, 2.75) is 43.8 Å².